The maximum absolute atomic E-state index is 12.9. The van der Waals surface area contributed by atoms with Crippen LogP contribution in [-0.2, 0) is 4.74 Å². The number of hydrogen-bond acceptors (Lipinski definition) is 3. The van der Waals surface area contributed by atoms with E-state index in [9.17, 15) is 4.79 Å². The molecule has 0 spiro atoms. The summed E-state index contributed by atoms with van der Waals surface area (Å²) in [5.74, 6) is -0.0325. The molecular formula is C18H25N3O2. The minimum absolute atomic E-state index is 0.0325. The summed E-state index contributed by atoms with van der Waals surface area (Å²) in [7, 11) is 1.87. The molecule has 1 amide bonds. The number of aromatic nitrogens is 2. The summed E-state index contributed by atoms with van der Waals surface area (Å²) in [5.41, 5.74) is 2.48. The quantitative estimate of drug-likeness (QED) is 0.943. The van der Waals surface area contributed by atoms with Gasteiger partial charge in [0.25, 0.3) is 5.91 Å². The van der Waals surface area contributed by atoms with Crippen LogP contribution in [0.2, 0.25) is 0 Å². The highest BCUT2D eigenvalue weighted by Gasteiger charge is 2.52. The van der Waals surface area contributed by atoms with E-state index in [2.05, 4.69) is 24.0 Å². The number of nitrogens with zero attached hydrogens (tertiary/aromatic N) is 2. The lowest BCUT2D eigenvalue weighted by atomic mass is 9.63. The van der Waals surface area contributed by atoms with E-state index in [1.165, 1.54) is 0 Å². The molecule has 5 heteroatoms. The number of carbonyl (C=O) groups is 1. The molecule has 124 valence electrons. The van der Waals surface area contributed by atoms with Gasteiger partial charge in [0.05, 0.1) is 11.6 Å². The third-order valence-corrected chi connectivity index (χ3v) is 5.20. The minimum Gasteiger partial charge on any atom is -0.378 e. The Morgan fingerprint density at radius 2 is 2.22 bits per heavy atom. The first kappa shape index (κ1) is 16.0. The smallest absolute Gasteiger partial charge is 0.275 e. The van der Waals surface area contributed by atoms with Crippen LogP contribution in [0.3, 0.4) is 0 Å². The first-order valence-corrected chi connectivity index (χ1v) is 8.19. The van der Waals surface area contributed by atoms with Gasteiger partial charge in [-0.3, -0.25) is 9.89 Å². The highest BCUT2D eigenvalue weighted by molar-refractivity contribution is 6.04. The van der Waals surface area contributed by atoms with Crippen molar-refractivity contribution < 1.29 is 9.53 Å². The van der Waals surface area contributed by atoms with Crippen LogP contribution in [0.5, 0.6) is 0 Å². The molecule has 0 unspecified atom stereocenters. The van der Waals surface area contributed by atoms with Crippen LogP contribution in [0.15, 0.2) is 18.2 Å². The van der Waals surface area contributed by atoms with Crippen LogP contribution in [0, 0.1) is 12.3 Å². The normalized spacial score (nSPS) is 22.8. The summed E-state index contributed by atoms with van der Waals surface area (Å²) in [6.07, 6.45) is 1.09. The Balaban J connectivity index is 1.84. The Morgan fingerprint density at radius 1 is 1.48 bits per heavy atom. The van der Waals surface area contributed by atoms with Crippen molar-refractivity contribution in [3.63, 3.8) is 0 Å². The van der Waals surface area contributed by atoms with Crippen molar-refractivity contribution in [2.75, 3.05) is 13.7 Å². The molecule has 0 saturated heterocycles. The standard InChI is InChI=1S/C18H25N3O2/c1-6-23-15-10-14(18(15,3)4)21(5)17(22)16-12-9-11(2)7-8-13(12)19-20-16/h7-9,14-15H,6,10H2,1-5H3,(H,19,20)/t14-,15-/m1/s1. The van der Waals surface area contributed by atoms with Crippen molar-refractivity contribution in [1.29, 1.82) is 0 Å². The number of benzene rings is 1. The van der Waals surface area contributed by atoms with Crippen LogP contribution in [0.1, 0.15) is 43.2 Å². The number of rotatable bonds is 4. The number of carbonyl (C=O) groups excluding carboxylic acids is 1. The zero-order chi connectivity index (χ0) is 16.8. The fraction of sp³-hybridized carbons (Fsp3) is 0.556. The van der Waals surface area contributed by atoms with Gasteiger partial charge in [0.1, 0.15) is 0 Å². The van der Waals surface area contributed by atoms with Crippen LogP contribution in [-0.4, -0.2) is 46.8 Å². The topological polar surface area (TPSA) is 58.2 Å². The molecule has 2 aromatic rings. The summed E-state index contributed by atoms with van der Waals surface area (Å²) >= 11 is 0. The Bertz CT molecular complexity index is 735. The third-order valence-electron chi connectivity index (χ3n) is 5.20. The third kappa shape index (κ3) is 2.53. The summed E-state index contributed by atoms with van der Waals surface area (Å²) in [5, 5.41) is 8.10. The van der Waals surface area contributed by atoms with E-state index < -0.39 is 0 Å². The van der Waals surface area contributed by atoms with Gasteiger partial charge >= 0.3 is 0 Å². The summed E-state index contributed by atoms with van der Waals surface area (Å²) in [4.78, 5) is 14.7. The maximum Gasteiger partial charge on any atom is 0.275 e. The molecule has 5 nitrogen and oxygen atoms in total. The first-order chi connectivity index (χ1) is 10.9. The van der Waals surface area contributed by atoms with E-state index in [1.54, 1.807) is 0 Å². The van der Waals surface area contributed by atoms with Crippen LogP contribution >= 0.6 is 0 Å². The second-order valence-electron chi connectivity index (χ2n) is 7.05. The molecule has 1 aromatic heterocycles. The Kier molecular flexibility index (Phi) is 3.92. The van der Waals surface area contributed by atoms with Gasteiger partial charge in [0.15, 0.2) is 5.69 Å². The summed E-state index contributed by atoms with van der Waals surface area (Å²) in [6, 6.07) is 6.16. The second-order valence-corrected chi connectivity index (χ2v) is 7.05. The molecule has 3 rings (SSSR count). The average Bonchev–Trinajstić information content (AvgIpc) is 2.92. The predicted molar refractivity (Wildman–Crippen MR) is 90.5 cm³/mol. The van der Waals surface area contributed by atoms with Crippen molar-refractivity contribution in [2.45, 2.75) is 46.3 Å². The van der Waals surface area contributed by atoms with Gasteiger partial charge in [-0.05, 0) is 32.4 Å². The minimum atomic E-state index is -0.0392. The van der Waals surface area contributed by atoms with Gasteiger partial charge in [0.2, 0.25) is 0 Å². The van der Waals surface area contributed by atoms with Gasteiger partial charge in [-0.25, -0.2) is 0 Å². The predicted octanol–water partition coefficient (Wildman–Crippen LogP) is 3.15. The molecule has 23 heavy (non-hydrogen) atoms. The van der Waals surface area contributed by atoms with Gasteiger partial charge < -0.3 is 9.64 Å². The molecule has 1 aliphatic carbocycles. The highest BCUT2D eigenvalue weighted by atomic mass is 16.5. The monoisotopic (exact) mass is 315 g/mol. The Hall–Kier alpha value is -1.88. The molecule has 0 radical (unpaired) electrons. The number of fused-ring (bicyclic) bond motifs is 1. The maximum atomic E-state index is 12.9. The number of H-pyrrole nitrogens is 1. The van der Waals surface area contributed by atoms with Crippen LogP contribution in [0.25, 0.3) is 10.9 Å². The fourth-order valence-corrected chi connectivity index (χ4v) is 3.61. The molecule has 1 aliphatic rings. The summed E-state index contributed by atoms with van der Waals surface area (Å²) in [6.45, 7) is 9.07. The van der Waals surface area contributed by atoms with Crippen LogP contribution < -0.4 is 0 Å². The van der Waals surface area contributed by atoms with Gasteiger partial charge in [-0.2, -0.15) is 5.10 Å². The van der Waals surface area contributed by atoms with Crippen molar-refractivity contribution in [3.05, 3.63) is 29.5 Å². The number of ether oxygens (including phenoxy) is 1. The molecule has 1 heterocycles. The zero-order valence-corrected chi connectivity index (χ0v) is 14.5. The SMILES string of the molecule is CCO[C@@H]1C[C@@H](N(C)C(=O)c2n[nH]c3ccc(C)cc23)C1(C)C. The molecule has 1 fully saturated rings. The van der Waals surface area contributed by atoms with Crippen molar-refractivity contribution in [2.24, 2.45) is 5.41 Å². The average molecular weight is 315 g/mol. The molecule has 0 bridgehead atoms. The summed E-state index contributed by atoms with van der Waals surface area (Å²) < 4.78 is 5.77. The van der Waals surface area contributed by atoms with E-state index in [0.29, 0.717) is 12.3 Å². The van der Waals surface area contributed by atoms with Gasteiger partial charge in [-0.1, -0.05) is 25.5 Å². The zero-order valence-electron chi connectivity index (χ0n) is 14.5. The van der Waals surface area contributed by atoms with E-state index in [1.807, 2.05) is 44.0 Å². The van der Waals surface area contributed by atoms with E-state index in [0.717, 1.165) is 22.9 Å². The van der Waals surface area contributed by atoms with Crippen molar-refractivity contribution in [1.82, 2.24) is 15.1 Å². The molecule has 1 aromatic carbocycles. The first-order valence-electron chi connectivity index (χ1n) is 8.19. The lowest BCUT2D eigenvalue weighted by molar-refractivity contribution is -0.136. The van der Waals surface area contributed by atoms with Gasteiger partial charge in [0, 0.05) is 30.5 Å². The van der Waals surface area contributed by atoms with Gasteiger partial charge in [-0.15, -0.1) is 0 Å². The van der Waals surface area contributed by atoms with E-state index in [4.69, 9.17) is 4.74 Å². The number of aryl methyl sites for hydroxylation is 1. The molecular weight excluding hydrogens is 290 g/mol. The molecule has 2 atom stereocenters. The van der Waals surface area contributed by atoms with Crippen molar-refractivity contribution >= 4 is 16.8 Å². The molecule has 1 N–H and O–H groups in total. The molecule has 0 aliphatic heterocycles. The van der Waals surface area contributed by atoms with Crippen LogP contribution in [0.4, 0.5) is 0 Å². The fourth-order valence-electron chi connectivity index (χ4n) is 3.61. The lowest BCUT2D eigenvalue weighted by Gasteiger charge is -2.54. The largest absolute Gasteiger partial charge is 0.378 e. The second kappa shape index (κ2) is 5.64. The Labute approximate surface area is 137 Å². The number of aromatic amines is 1. The molecule has 1 saturated carbocycles. The highest BCUT2D eigenvalue weighted by Crippen LogP contribution is 2.45. The van der Waals surface area contributed by atoms with E-state index in [-0.39, 0.29) is 23.5 Å². The number of nitrogens with one attached hydrogen (secondary N) is 1. The van der Waals surface area contributed by atoms with Crippen molar-refractivity contribution in [3.8, 4) is 0 Å². The van der Waals surface area contributed by atoms with E-state index >= 15 is 0 Å². The number of amides is 1. The number of hydrogen-bond donors (Lipinski definition) is 1. The lowest BCUT2D eigenvalue weighted by Crippen LogP contribution is -2.62. The Morgan fingerprint density at radius 3 is 2.87 bits per heavy atom.